The molecule has 1 aliphatic rings. The number of methoxy groups -OCH3 is 1. The van der Waals surface area contributed by atoms with Crippen molar-refractivity contribution >= 4 is 28.7 Å². The molecular formula is C26H29N7O3. The van der Waals surface area contributed by atoms with Crippen LogP contribution in [-0.2, 0) is 4.79 Å². The molecule has 1 aliphatic heterocycles. The van der Waals surface area contributed by atoms with Gasteiger partial charge < -0.3 is 15.0 Å². The van der Waals surface area contributed by atoms with Crippen LogP contribution in [0.2, 0.25) is 0 Å². The molecule has 0 saturated carbocycles. The van der Waals surface area contributed by atoms with Crippen molar-refractivity contribution in [3.63, 3.8) is 0 Å². The summed E-state index contributed by atoms with van der Waals surface area (Å²) in [7, 11) is 1.63. The third kappa shape index (κ3) is 4.53. The summed E-state index contributed by atoms with van der Waals surface area (Å²) in [5.74, 6) is 1.80. The van der Waals surface area contributed by atoms with E-state index in [0.29, 0.717) is 30.4 Å². The quantitative estimate of drug-likeness (QED) is 0.443. The minimum Gasteiger partial charge on any atom is -0.497 e. The Morgan fingerprint density at radius 3 is 2.78 bits per heavy atom. The Morgan fingerprint density at radius 2 is 2.03 bits per heavy atom. The molecule has 4 aromatic rings. The second-order valence-corrected chi connectivity index (χ2v) is 8.92. The fraction of sp³-hybridized carbons (Fsp3) is 0.346. The van der Waals surface area contributed by atoms with Gasteiger partial charge in [0.1, 0.15) is 11.4 Å². The highest BCUT2D eigenvalue weighted by molar-refractivity contribution is 5.79. The van der Waals surface area contributed by atoms with Crippen LogP contribution in [0.5, 0.6) is 5.75 Å². The first-order chi connectivity index (χ1) is 17.5. The van der Waals surface area contributed by atoms with Crippen molar-refractivity contribution in [1.29, 1.82) is 0 Å². The average molecular weight is 488 g/mol. The SMILES string of the molecule is CCC(=O)N1CCC[C@@H](n2c(=O)cc(C)c3cnc(Nc4ccn(-c5ccc(OC)cc5)n4)nc32)C1. The summed E-state index contributed by atoms with van der Waals surface area (Å²) >= 11 is 0. The zero-order valence-electron chi connectivity index (χ0n) is 20.6. The summed E-state index contributed by atoms with van der Waals surface area (Å²) in [5.41, 5.74) is 2.14. The second-order valence-electron chi connectivity index (χ2n) is 8.92. The lowest BCUT2D eigenvalue weighted by molar-refractivity contribution is -0.132. The van der Waals surface area contributed by atoms with E-state index < -0.39 is 0 Å². The molecule has 4 heterocycles. The van der Waals surface area contributed by atoms with Crippen LogP contribution in [0, 0.1) is 6.92 Å². The van der Waals surface area contributed by atoms with E-state index in [1.54, 1.807) is 28.6 Å². The van der Waals surface area contributed by atoms with Gasteiger partial charge in [-0.05, 0) is 49.6 Å². The van der Waals surface area contributed by atoms with Gasteiger partial charge in [0.25, 0.3) is 5.56 Å². The fourth-order valence-corrected chi connectivity index (χ4v) is 4.68. The molecule has 0 bridgehead atoms. The van der Waals surface area contributed by atoms with Crippen molar-refractivity contribution in [2.75, 3.05) is 25.5 Å². The molecule has 1 aromatic carbocycles. The molecule has 0 unspecified atom stereocenters. The van der Waals surface area contributed by atoms with E-state index in [4.69, 9.17) is 9.72 Å². The summed E-state index contributed by atoms with van der Waals surface area (Å²) in [6.45, 7) is 4.97. The predicted octanol–water partition coefficient (Wildman–Crippen LogP) is 3.61. The molecule has 1 fully saturated rings. The third-order valence-corrected chi connectivity index (χ3v) is 6.58. The highest BCUT2D eigenvalue weighted by Gasteiger charge is 2.26. The van der Waals surface area contributed by atoms with Gasteiger partial charge in [0, 0.05) is 49.4 Å². The number of nitrogens with zero attached hydrogens (tertiary/aromatic N) is 6. The summed E-state index contributed by atoms with van der Waals surface area (Å²) in [5, 5.41) is 8.53. The number of amides is 1. The van der Waals surface area contributed by atoms with Crippen LogP contribution >= 0.6 is 0 Å². The number of benzene rings is 1. The minimum absolute atomic E-state index is 0.105. The first-order valence-electron chi connectivity index (χ1n) is 12.1. The Labute approximate surface area is 208 Å². The van der Waals surface area contributed by atoms with Gasteiger partial charge >= 0.3 is 0 Å². The molecule has 0 radical (unpaired) electrons. The van der Waals surface area contributed by atoms with Crippen LogP contribution < -0.4 is 15.6 Å². The lowest BCUT2D eigenvalue weighted by Gasteiger charge is -2.34. The first kappa shape index (κ1) is 23.5. The number of ether oxygens (including phenoxy) is 1. The molecule has 10 heteroatoms. The first-order valence-corrected chi connectivity index (χ1v) is 12.1. The lowest BCUT2D eigenvalue weighted by atomic mass is 10.0. The van der Waals surface area contributed by atoms with E-state index in [1.807, 2.05) is 55.3 Å². The number of aryl methyl sites for hydroxylation is 1. The van der Waals surface area contributed by atoms with Gasteiger partial charge in [-0.2, -0.15) is 10.1 Å². The number of carbonyl (C=O) groups is 1. The molecule has 3 aromatic heterocycles. The summed E-state index contributed by atoms with van der Waals surface area (Å²) in [6.07, 6.45) is 5.68. The Kier molecular flexibility index (Phi) is 6.41. The van der Waals surface area contributed by atoms with Crippen molar-refractivity contribution in [3.8, 4) is 11.4 Å². The van der Waals surface area contributed by atoms with Gasteiger partial charge in [0.15, 0.2) is 5.82 Å². The largest absolute Gasteiger partial charge is 0.497 e. The van der Waals surface area contributed by atoms with Crippen LogP contribution in [0.3, 0.4) is 0 Å². The van der Waals surface area contributed by atoms with Crippen LogP contribution in [-0.4, -0.2) is 55.3 Å². The number of pyridine rings is 1. The maximum Gasteiger partial charge on any atom is 0.252 e. The molecule has 10 nitrogen and oxygen atoms in total. The number of hydrogen-bond donors (Lipinski definition) is 1. The predicted molar refractivity (Wildman–Crippen MR) is 137 cm³/mol. The Hall–Kier alpha value is -4.21. The maximum absolute atomic E-state index is 13.1. The number of aromatic nitrogens is 5. The molecule has 36 heavy (non-hydrogen) atoms. The van der Waals surface area contributed by atoms with E-state index in [2.05, 4.69) is 15.4 Å². The Bertz CT molecular complexity index is 1460. The monoisotopic (exact) mass is 487 g/mol. The van der Waals surface area contributed by atoms with Crippen molar-refractivity contribution in [2.24, 2.45) is 0 Å². The van der Waals surface area contributed by atoms with Crippen LogP contribution in [0.1, 0.15) is 37.8 Å². The molecule has 0 spiro atoms. The number of fused-ring (bicyclic) bond motifs is 1. The van der Waals surface area contributed by atoms with Gasteiger partial charge in [-0.15, -0.1) is 0 Å². The van der Waals surface area contributed by atoms with Crippen LogP contribution in [0.25, 0.3) is 16.7 Å². The highest BCUT2D eigenvalue weighted by Crippen LogP contribution is 2.26. The van der Waals surface area contributed by atoms with E-state index in [9.17, 15) is 9.59 Å². The molecule has 1 atom stereocenters. The molecule has 186 valence electrons. The molecular weight excluding hydrogens is 458 g/mol. The van der Waals surface area contributed by atoms with Crippen molar-refractivity contribution in [2.45, 2.75) is 39.2 Å². The zero-order chi connectivity index (χ0) is 25.2. The van der Waals surface area contributed by atoms with Crippen molar-refractivity contribution < 1.29 is 9.53 Å². The number of rotatable bonds is 6. The summed E-state index contributed by atoms with van der Waals surface area (Å²) < 4.78 is 8.68. The van der Waals surface area contributed by atoms with Crippen LogP contribution in [0.4, 0.5) is 11.8 Å². The average Bonchev–Trinajstić information content (AvgIpc) is 3.36. The van der Waals surface area contributed by atoms with Gasteiger partial charge in [-0.1, -0.05) is 6.92 Å². The third-order valence-electron chi connectivity index (χ3n) is 6.58. The number of hydrogen-bond acceptors (Lipinski definition) is 7. The van der Waals surface area contributed by atoms with Gasteiger partial charge in [0.05, 0.1) is 18.8 Å². The zero-order valence-corrected chi connectivity index (χ0v) is 20.6. The molecule has 1 amide bonds. The number of nitrogens with one attached hydrogen (secondary N) is 1. The van der Waals surface area contributed by atoms with E-state index in [-0.39, 0.29) is 17.5 Å². The maximum atomic E-state index is 13.1. The van der Waals surface area contributed by atoms with Gasteiger partial charge in [-0.25, -0.2) is 9.67 Å². The Morgan fingerprint density at radius 1 is 1.22 bits per heavy atom. The highest BCUT2D eigenvalue weighted by atomic mass is 16.5. The lowest BCUT2D eigenvalue weighted by Crippen LogP contribution is -2.42. The topological polar surface area (TPSA) is 107 Å². The van der Waals surface area contributed by atoms with Crippen LogP contribution in [0.15, 0.2) is 53.6 Å². The van der Waals surface area contributed by atoms with Crippen molar-refractivity contribution in [1.82, 2.24) is 29.2 Å². The molecule has 1 saturated heterocycles. The number of anilines is 2. The minimum atomic E-state index is -0.137. The van der Waals surface area contributed by atoms with E-state index in [0.717, 1.165) is 41.8 Å². The normalized spacial score (nSPS) is 15.8. The Balaban J connectivity index is 1.46. The van der Waals surface area contributed by atoms with Crippen molar-refractivity contribution in [3.05, 3.63) is 64.7 Å². The number of carbonyl (C=O) groups excluding carboxylic acids is 1. The second kappa shape index (κ2) is 9.80. The smallest absolute Gasteiger partial charge is 0.252 e. The standard InChI is InChI=1S/C26H29N7O3/c1-4-23(34)31-12-5-6-19(16-31)33-24(35)14-17(2)21-15-27-26(29-25(21)33)28-22-11-13-32(30-22)18-7-9-20(36-3)10-8-18/h7-11,13-15,19H,4-6,12,16H2,1-3H3,(H,27,28,29,30)/t19-/m1/s1. The van der Waals surface area contributed by atoms with Gasteiger partial charge in [-0.3, -0.25) is 14.2 Å². The fourth-order valence-electron chi connectivity index (χ4n) is 4.68. The number of likely N-dealkylation sites (tertiary alicyclic amines) is 1. The molecule has 0 aliphatic carbocycles. The molecule has 5 rings (SSSR count). The van der Waals surface area contributed by atoms with Gasteiger partial charge in [0.2, 0.25) is 11.9 Å². The van der Waals surface area contributed by atoms with E-state index in [1.165, 1.54) is 0 Å². The molecule has 1 N–H and O–H groups in total. The summed E-state index contributed by atoms with van der Waals surface area (Å²) in [4.78, 5) is 36.5. The summed E-state index contributed by atoms with van der Waals surface area (Å²) in [6, 6.07) is 10.9. The van der Waals surface area contributed by atoms with E-state index >= 15 is 0 Å². The number of piperidine rings is 1.